The number of rotatable bonds is 10. The highest BCUT2D eigenvalue weighted by atomic mass is 19.3. The molecule has 3 aliphatic rings. The smallest absolute Gasteiger partial charge is 0.407 e. The highest BCUT2D eigenvalue weighted by molar-refractivity contribution is 5.93. The molecule has 20 heteroatoms. The van der Waals surface area contributed by atoms with Crippen LogP contribution in [0.1, 0.15) is 77.4 Å². The van der Waals surface area contributed by atoms with E-state index in [2.05, 4.69) is 35.3 Å². The molecule has 3 aliphatic heterocycles. The molecule has 1 unspecified atom stereocenters. The fraction of sp³-hybridized carbons (Fsp3) is 0.455. The Morgan fingerprint density at radius 3 is 2.00 bits per heavy atom. The molecule has 3 aromatic heterocycles. The molecular weight excluding hydrogens is 843 g/mol. The maximum absolute atomic E-state index is 16.7. The van der Waals surface area contributed by atoms with Gasteiger partial charge in [-0.2, -0.15) is 0 Å². The number of aromatic nitrogens is 5. The Bertz CT molecular complexity index is 2630. The summed E-state index contributed by atoms with van der Waals surface area (Å²) in [6, 6.07) is 6.46. The fourth-order valence-electron chi connectivity index (χ4n) is 8.93. The third kappa shape index (κ3) is 7.97. The van der Waals surface area contributed by atoms with Crippen molar-refractivity contribution in [1.82, 2.24) is 44.9 Å². The van der Waals surface area contributed by atoms with Crippen molar-refractivity contribution in [3.05, 3.63) is 66.3 Å². The molecule has 2 aromatic carbocycles. The minimum atomic E-state index is -3.21. The van der Waals surface area contributed by atoms with Gasteiger partial charge < -0.3 is 49.2 Å². The van der Waals surface area contributed by atoms with Crippen LogP contribution in [0.4, 0.5) is 27.2 Å². The summed E-state index contributed by atoms with van der Waals surface area (Å²) in [4.78, 5) is 68.9. The summed E-state index contributed by atoms with van der Waals surface area (Å²) in [5.41, 5.74) is 3.45. The number of carbonyl (C=O) groups excluding carboxylic acids is 4. The van der Waals surface area contributed by atoms with E-state index in [1.165, 1.54) is 18.2 Å². The van der Waals surface area contributed by atoms with Crippen molar-refractivity contribution in [2.24, 2.45) is 11.8 Å². The third-order valence-corrected chi connectivity index (χ3v) is 12.2. The summed E-state index contributed by atoms with van der Waals surface area (Å²) < 4.78 is 79.0. The second-order valence-electron chi connectivity index (χ2n) is 17.2. The largest absolute Gasteiger partial charge is 0.470 e. The number of imidazole rings is 2. The zero-order valence-corrected chi connectivity index (χ0v) is 36.2. The van der Waals surface area contributed by atoms with Gasteiger partial charge >= 0.3 is 12.2 Å². The number of likely N-dealkylation sites (tertiary alicyclic amines) is 2. The van der Waals surface area contributed by atoms with Crippen molar-refractivity contribution in [2.75, 3.05) is 27.3 Å². The van der Waals surface area contributed by atoms with Crippen LogP contribution in [0.5, 0.6) is 5.75 Å². The van der Waals surface area contributed by atoms with E-state index in [-0.39, 0.29) is 30.1 Å². The number of carbonyl (C=O) groups is 4. The van der Waals surface area contributed by atoms with Gasteiger partial charge in [0.2, 0.25) is 11.8 Å². The topological polar surface area (TPSA) is 189 Å². The maximum Gasteiger partial charge on any atom is 0.407 e. The van der Waals surface area contributed by atoms with Gasteiger partial charge in [-0.05, 0) is 43.0 Å². The van der Waals surface area contributed by atoms with Gasteiger partial charge in [0, 0.05) is 34.9 Å². The average Bonchev–Trinajstić information content (AvgIpc) is 4.11. The number of nitrogens with one attached hydrogen (secondary N) is 4. The number of hydrogen-bond donors (Lipinski definition) is 4. The molecule has 340 valence electrons. The third-order valence-electron chi connectivity index (χ3n) is 12.2. The van der Waals surface area contributed by atoms with Gasteiger partial charge in [-0.3, -0.25) is 9.59 Å². The average molecular weight is 892 g/mol. The number of alkyl carbamates (subject to hydrolysis) is 2. The van der Waals surface area contributed by atoms with E-state index >= 15 is 4.39 Å². The predicted octanol–water partition coefficient (Wildman–Crippen LogP) is 7.42. The highest BCUT2D eigenvalue weighted by Crippen LogP contribution is 2.47. The Balaban J connectivity index is 1.05. The van der Waals surface area contributed by atoms with E-state index in [1.54, 1.807) is 81.8 Å². The second-order valence-corrected chi connectivity index (χ2v) is 17.2. The summed E-state index contributed by atoms with van der Waals surface area (Å²) in [6.07, 6.45) is -1.24. The van der Waals surface area contributed by atoms with Crippen LogP contribution in [0.3, 0.4) is 0 Å². The first kappa shape index (κ1) is 44.0. The highest BCUT2D eigenvalue weighted by Gasteiger charge is 2.50. The van der Waals surface area contributed by atoms with Crippen LogP contribution in [0.25, 0.3) is 44.7 Å². The summed E-state index contributed by atoms with van der Waals surface area (Å²) in [7, 11) is 2.34. The van der Waals surface area contributed by atoms with Gasteiger partial charge in [0.25, 0.3) is 5.92 Å². The lowest BCUT2D eigenvalue weighted by Crippen LogP contribution is -2.51. The number of halogens is 4. The molecule has 0 aliphatic carbocycles. The molecule has 6 heterocycles. The zero-order chi connectivity index (χ0) is 45.9. The van der Waals surface area contributed by atoms with E-state index in [0.29, 0.717) is 50.9 Å². The first-order valence-corrected chi connectivity index (χ1v) is 21.0. The first-order valence-electron chi connectivity index (χ1n) is 21.0. The molecule has 16 nitrogen and oxygen atoms in total. The Labute approximate surface area is 365 Å². The van der Waals surface area contributed by atoms with Gasteiger partial charge in [-0.1, -0.05) is 39.8 Å². The van der Waals surface area contributed by atoms with E-state index < -0.39 is 91.2 Å². The van der Waals surface area contributed by atoms with Crippen molar-refractivity contribution in [3.8, 4) is 39.5 Å². The summed E-state index contributed by atoms with van der Waals surface area (Å²) >= 11 is 0. The molecule has 8 rings (SSSR count). The van der Waals surface area contributed by atoms with Gasteiger partial charge in [0.15, 0.2) is 12.0 Å². The zero-order valence-electron chi connectivity index (χ0n) is 36.2. The Morgan fingerprint density at radius 2 is 1.41 bits per heavy atom. The van der Waals surface area contributed by atoms with Gasteiger partial charge in [-0.25, -0.2) is 37.1 Å². The van der Waals surface area contributed by atoms with Gasteiger partial charge in [0.1, 0.15) is 35.7 Å². The van der Waals surface area contributed by atoms with Crippen molar-refractivity contribution in [1.29, 1.82) is 0 Å². The monoisotopic (exact) mass is 891 g/mol. The standard InChI is InChI=1S/C44H49F4N9O7/c1-20(2)35(53-42(60)62-6)40(58)55-18-25(45)14-31(55)38-49-17-29(51-38)24-8-10-26-33(13-24)64-22(5)57-30-11-9-23(12-27(30)34(46)37(26)57)28-16-50-39(52-28)32-15-44(47,48)19-56(32)41(59)36(21(3)4)54-43(61)63-7/h8-13,16-17,20-22,25,31-32,35-36H,14-15,18-19H2,1-7H3,(H,49,51)(H,50,52)(H,53,60)(H,54,61)/t22?,25-,31+,32+,35+,36+/m1/s1. The van der Waals surface area contributed by atoms with Crippen LogP contribution in [-0.2, 0) is 19.1 Å². The van der Waals surface area contributed by atoms with Crippen molar-refractivity contribution in [3.63, 3.8) is 0 Å². The fourth-order valence-corrected chi connectivity index (χ4v) is 8.93. The number of fused-ring (bicyclic) bond motifs is 5. The van der Waals surface area contributed by atoms with E-state index in [1.807, 2.05) is 0 Å². The van der Waals surface area contributed by atoms with Gasteiger partial charge in [-0.15, -0.1) is 0 Å². The van der Waals surface area contributed by atoms with Crippen LogP contribution >= 0.6 is 0 Å². The SMILES string of the molecule is COC(=O)N[C@H](C(=O)N1C[C@H](F)C[C@H]1c1ncc(-c2ccc3c(c2)OC(C)n2c-3c(F)c3cc(-c4cnc([C@@H]5CC(F)(F)CN5C(=O)[C@@H](NC(=O)OC)C(C)C)[nH]4)ccc32)[nH]1)C(C)C. The lowest BCUT2D eigenvalue weighted by molar-refractivity contribution is -0.137. The Morgan fingerprint density at radius 1 is 0.844 bits per heavy atom. The molecule has 4 N–H and O–H groups in total. The van der Waals surface area contributed by atoms with Crippen LogP contribution < -0.4 is 15.4 Å². The molecule has 2 fully saturated rings. The van der Waals surface area contributed by atoms with E-state index in [4.69, 9.17) is 9.47 Å². The number of benzene rings is 2. The van der Waals surface area contributed by atoms with Crippen molar-refractivity contribution in [2.45, 2.75) is 89.9 Å². The van der Waals surface area contributed by atoms with Gasteiger partial charge in [0.05, 0.1) is 74.4 Å². The maximum atomic E-state index is 16.7. The van der Waals surface area contributed by atoms with Crippen LogP contribution in [0.15, 0.2) is 48.8 Å². The molecule has 0 bridgehead atoms. The van der Waals surface area contributed by atoms with Crippen LogP contribution in [0.2, 0.25) is 0 Å². The Hall–Kier alpha value is -6.60. The molecule has 4 amide bonds. The van der Waals surface area contributed by atoms with Crippen molar-refractivity contribution < 1.29 is 51.0 Å². The lowest BCUT2D eigenvalue weighted by atomic mass is 10.0. The van der Waals surface area contributed by atoms with E-state index in [0.717, 1.165) is 12.0 Å². The number of amides is 4. The number of alkyl halides is 3. The molecule has 0 radical (unpaired) electrons. The van der Waals surface area contributed by atoms with Crippen LogP contribution in [-0.4, -0.2) is 110 Å². The number of aromatic amines is 2. The molecule has 64 heavy (non-hydrogen) atoms. The number of hydrogen-bond acceptors (Lipinski definition) is 9. The molecule has 5 aromatic rings. The second kappa shape index (κ2) is 16.8. The first-order chi connectivity index (χ1) is 30.4. The number of nitrogens with zero attached hydrogens (tertiary/aromatic N) is 5. The normalized spacial score (nSPS) is 21.1. The number of methoxy groups -OCH3 is 2. The van der Waals surface area contributed by atoms with Crippen molar-refractivity contribution >= 4 is 34.9 Å². The van der Waals surface area contributed by atoms with E-state index in [9.17, 15) is 32.3 Å². The predicted molar refractivity (Wildman–Crippen MR) is 224 cm³/mol. The minimum Gasteiger partial charge on any atom is -0.470 e. The summed E-state index contributed by atoms with van der Waals surface area (Å²) in [5.74, 6) is -4.74. The molecule has 0 saturated carbocycles. The molecular formula is C44H49F4N9O7. The number of H-pyrrole nitrogens is 2. The summed E-state index contributed by atoms with van der Waals surface area (Å²) in [5, 5.41) is 5.28. The summed E-state index contributed by atoms with van der Waals surface area (Å²) in [6.45, 7) is 7.66. The minimum absolute atomic E-state index is 0.00909. The number of ether oxygens (including phenoxy) is 3. The van der Waals surface area contributed by atoms with Crippen LogP contribution in [0, 0.1) is 17.7 Å². The molecule has 6 atom stereocenters. The molecule has 0 spiro atoms. The molecule has 2 saturated heterocycles. The Kier molecular flexibility index (Phi) is 11.6. The lowest BCUT2D eigenvalue weighted by Gasteiger charge is -2.29. The quantitative estimate of drug-likeness (QED) is 0.104.